The van der Waals surface area contributed by atoms with E-state index in [2.05, 4.69) is 10.2 Å². The van der Waals surface area contributed by atoms with Crippen LogP contribution in [0.25, 0.3) is 0 Å². The first-order chi connectivity index (χ1) is 12.9. The minimum Gasteiger partial charge on any atom is -0.497 e. The van der Waals surface area contributed by atoms with Gasteiger partial charge in [0, 0.05) is 37.6 Å². The molecule has 4 nitrogen and oxygen atoms in total. The number of alkyl halides is 3. The molecule has 1 saturated heterocycles. The van der Waals surface area contributed by atoms with Crippen molar-refractivity contribution in [3.8, 4) is 5.75 Å². The SMILES string of the molecule is COc1ccc(N2CCN(C(=S)Nc3cccc(C(F)(F)F)c3)CC2)cc1. The van der Waals surface area contributed by atoms with Crippen LogP contribution in [-0.4, -0.2) is 43.3 Å². The van der Waals surface area contributed by atoms with Gasteiger partial charge in [0.25, 0.3) is 0 Å². The van der Waals surface area contributed by atoms with E-state index < -0.39 is 11.7 Å². The van der Waals surface area contributed by atoms with Crippen molar-refractivity contribution in [2.24, 2.45) is 0 Å². The predicted molar refractivity (Wildman–Crippen MR) is 104 cm³/mol. The Morgan fingerprint density at radius 2 is 1.70 bits per heavy atom. The van der Waals surface area contributed by atoms with Crippen LogP contribution >= 0.6 is 12.2 Å². The number of hydrogen-bond acceptors (Lipinski definition) is 3. The molecule has 144 valence electrons. The van der Waals surface area contributed by atoms with Crippen LogP contribution in [0.1, 0.15) is 5.56 Å². The number of anilines is 2. The van der Waals surface area contributed by atoms with E-state index in [4.69, 9.17) is 17.0 Å². The first-order valence-corrected chi connectivity index (χ1v) is 8.90. The summed E-state index contributed by atoms with van der Waals surface area (Å²) in [4.78, 5) is 4.21. The Kier molecular flexibility index (Phi) is 5.74. The van der Waals surface area contributed by atoms with Gasteiger partial charge < -0.3 is 19.9 Å². The molecule has 0 bridgehead atoms. The molecule has 0 unspecified atom stereocenters. The number of piperazine rings is 1. The largest absolute Gasteiger partial charge is 0.497 e. The van der Waals surface area contributed by atoms with Crippen LogP contribution in [0.3, 0.4) is 0 Å². The highest BCUT2D eigenvalue weighted by molar-refractivity contribution is 7.80. The molecule has 1 fully saturated rings. The maximum absolute atomic E-state index is 12.8. The second-order valence-corrected chi connectivity index (χ2v) is 6.57. The van der Waals surface area contributed by atoms with Gasteiger partial charge in [-0.2, -0.15) is 13.2 Å². The van der Waals surface area contributed by atoms with Crippen LogP contribution in [0.15, 0.2) is 48.5 Å². The molecule has 2 aromatic rings. The summed E-state index contributed by atoms with van der Waals surface area (Å²) < 4.78 is 43.7. The van der Waals surface area contributed by atoms with Gasteiger partial charge in [0.1, 0.15) is 5.75 Å². The summed E-state index contributed by atoms with van der Waals surface area (Å²) >= 11 is 5.38. The molecule has 1 aliphatic heterocycles. The van der Waals surface area contributed by atoms with Gasteiger partial charge in [-0.25, -0.2) is 0 Å². The zero-order valence-electron chi connectivity index (χ0n) is 14.8. The van der Waals surface area contributed by atoms with Crippen molar-refractivity contribution < 1.29 is 17.9 Å². The van der Waals surface area contributed by atoms with Gasteiger partial charge in [0.15, 0.2) is 5.11 Å². The molecule has 0 spiro atoms. The molecule has 0 saturated carbocycles. The fraction of sp³-hybridized carbons (Fsp3) is 0.316. The van der Waals surface area contributed by atoms with Crippen molar-refractivity contribution in [2.45, 2.75) is 6.18 Å². The normalized spacial score (nSPS) is 14.8. The Morgan fingerprint density at radius 1 is 1.04 bits per heavy atom. The summed E-state index contributed by atoms with van der Waals surface area (Å²) in [5.74, 6) is 0.809. The number of halogens is 3. The minimum absolute atomic E-state index is 0.340. The van der Waals surface area contributed by atoms with E-state index in [-0.39, 0.29) is 0 Å². The number of ether oxygens (including phenoxy) is 1. The first kappa shape index (κ1) is 19.3. The van der Waals surface area contributed by atoms with E-state index in [1.807, 2.05) is 29.2 Å². The van der Waals surface area contributed by atoms with E-state index in [0.29, 0.717) is 23.9 Å². The number of methoxy groups -OCH3 is 1. The van der Waals surface area contributed by atoms with Gasteiger partial charge in [-0.1, -0.05) is 6.07 Å². The third kappa shape index (κ3) is 4.82. The van der Waals surface area contributed by atoms with Crippen molar-refractivity contribution in [1.29, 1.82) is 0 Å². The van der Waals surface area contributed by atoms with E-state index in [0.717, 1.165) is 36.7 Å². The summed E-state index contributed by atoms with van der Waals surface area (Å²) in [6, 6.07) is 12.9. The lowest BCUT2D eigenvalue weighted by molar-refractivity contribution is -0.137. The fourth-order valence-corrected chi connectivity index (χ4v) is 3.24. The number of hydrogen-bond donors (Lipinski definition) is 1. The summed E-state index contributed by atoms with van der Waals surface area (Å²) in [6.45, 7) is 2.93. The predicted octanol–water partition coefficient (Wildman–Crippen LogP) is 4.23. The lowest BCUT2D eigenvalue weighted by atomic mass is 10.2. The topological polar surface area (TPSA) is 27.7 Å². The van der Waals surface area contributed by atoms with Crippen LogP contribution < -0.4 is 15.0 Å². The zero-order valence-corrected chi connectivity index (χ0v) is 15.6. The van der Waals surface area contributed by atoms with Crippen molar-refractivity contribution in [3.63, 3.8) is 0 Å². The molecule has 0 aliphatic carbocycles. The van der Waals surface area contributed by atoms with Crippen molar-refractivity contribution in [2.75, 3.05) is 43.5 Å². The van der Waals surface area contributed by atoms with Crippen LogP contribution in [-0.2, 0) is 6.18 Å². The minimum atomic E-state index is -4.37. The number of rotatable bonds is 3. The molecule has 1 aliphatic rings. The second-order valence-electron chi connectivity index (χ2n) is 6.18. The van der Waals surface area contributed by atoms with Gasteiger partial charge >= 0.3 is 6.18 Å². The van der Waals surface area contributed by atoms with Gasteiger partial charge in [-0.05, 0) is 54.7 Å². The quantitative estimate of drug-likeness (QED) is 0.785. The smallest absolute Gasteiger partial charge is 0.416 e. The Hall–Kier alpha value is -2.48. The highest BCUT2D eigenvalue weighted by Gasteiger charge is 2.30. The molecule has 0 amide bonds. The first-order valence-electron chi connectivity index (χ1n) is 8.49. The summed E-state index contributed by atoms with van der Waals surface area (Å²) in [6.07, 6.45) is -4.37. The van der Waals surface area contributed by atoms with Crippen LogP contribution in [0.4, 0.5) is 24.5 Å². The molecular weight excluding hydrogens is 375 g/mol. The average molecular weight is 395 g/mol. The number of nitrogens with zero attached hydrogens (tertiary/aromatic N) is 2. The van der Waals surface area contributed by atoms with Gasteiger partial charge in [0.05, 0.1) is 12.7 Å². The van der Waals surface area contributed by atoms with E-state index in [1.54, 1.807) is 13.2 Å². The van der Waals surface area contributed by atoms with Crippen LogP contribution in [0.5, 0.6) is 5.75 Å². The van der Waals surface area contributed by atoms with Gasteiger partial charge in [0.2, 0.25) is 0 Å². The molecule has 1 N–H and O–H groups in total. The highest BCUT2D eigenvalue weighted by Crippen LogP contribution is 2.30. The Morgan fingerprint density at radius 3 is 2.30 bits per heavy atom. The maximum atomic E-state index is 12.8. The monoisotopic (exact) mass is 395 g/mol. The summed E-state index contributed by atoms with van der Waals surface area (Å²) in [7, 11) is 1.63. The number of benzene rings is 2. The highest BCUT2D eigenvalue weighted by atomic mass is 32.1. The van der Waals surface area contributed by atoms with E-state index in [1.165, 1.54) is 6.07 Å². The molecule has 1 heterocycles. The Balaban J connectivity index is 1.57. The third-order valence-corrected chi connectivity index (χ3v) is 4.81. The molecule has 3 rings (SSSR count). The molecule has 27 heavy (non-hydrogen) atoms. The number of thiocarbonyl (C=S) groups is 1. The van der Waals surface area contributed by atoms with Crippen molar-refractivity contribution in [3.05, 3.63) is 54.1 Å². The Labute approximate surface area is 161 Å². The van der Waals surface area contributed by atoms with Crippen LogP contribution in [0.2, 0.25) is 0 Å². The van der Waals surface area contributed by atoms with Crippen molar-refractivity contribution in [1.82, 2.24) is 4.90 Å². The van der Waals surface area contributed by atoms with Crippen molar-refractivity contribution >= 4 is 28.7 Å². The lowest BCUT2D eigenvalue weighted by Crippen LogP contribution is -2.50. The van der Waals surface area contributed by atoms with Gasteiger partial charge in [-0.3, -0.25) is 0 Å². The maximum Gasteiger partial charge on any atom is 0.416 e. The third-order valence-electron chi connectivity index (χ3n) is 4.45. The molecule has 0 aromatic heterocycles. The van der Waals surface area contributed by atoms with E-state index in [9.17, 15) is 13.2 Å². The van der Waals surface area contributed by atoms with Crippen LogP contribution in [0, 0.1) is 0 Å². The second kappa shape index (κ2) is 8.04. The molecule has 0 radical (unpaired) electrons. The average Bonchev–Trinajstić information content (AvgIpc) is 2.68. The van der Waals surface area contributed by atoms with E-state index >= 15 is 0 Å². The molecular formula is C19H20F3N3OS. The zero-order chi connectivity index (χ0) is 19.4. The standard InChI is InChI=1S/C19H20F3N3OS/c1-26-17-7-5-16(6-8-17)24-9-11-25(12-10-24)18(27)23-15-4-2-3-14(13-15)19(20,21)22/h2-8,13H,9-12H2,1H3,(H,23,27). The number of nitrogens with one attached hydrogen (secondary N) is 1. The lowest BCUT2D eigenvalue weighted by Gasteiger charge is -2.37. The summed E-state index contributed by atoms with van der Waals surface area (Å²) in [5, 5.41) is 3.35. The fourth-order valence-electron chi connectivity index (χ4n) is 2.94. The molecule has 0 atom stereocenters. The molecule has 2 aromatic carbocycles. The summed E-state index contributed by atoms with van der Waals surface area (Å²) in [5.41, 5.74) is 0.749. The Bertz CT molecular complexity index is 788. The van der Waals surface area contributed by atoms with Gasteiger partial charge in [-0.15, -0.1) is 0 Å². The molecule has 8 heteroatoms.